The predicted molar refractivity (Wildman–Crippen MR) is 83.4 cm³/mol. The number of anilines is 1. The number of fused-ring (bicyclic) bond motifs is 1. The molecule has 1 atom stereocenters. The van der Waals surface area contributed by atoms with Gasteiger partial charge in [0.05, 0.1) is 0 Å². The molecule has 0 spiro atoms. The quantitative estimate of drug-likeness (QED) is 0.794. The number of para-hydroxylation sites is 1. The van der Waals surface area contributed by atoms with Gasteiger partial charge in [-0.2, -0.15) is 0 Å². The Kier molecular flexibility index (Phi) is 3.99. The van der Waals surface area contributed by atoms with E-state index in [0.717, 1.165) is 30.4 Å². The molecular weight excluding hydrogens is 254 g/mol. The lowest BCUT2D eigenvalue weighted by Gasteiger charge is -2.44. The number of hydrogen-bond acceptors (Lipinski definition) is 2. The van der Waals surface area contributed by atoms with E-state index < -0.39 is 0 Å². The molecule has 0 aliphatic carbocycles. The Bertz CT molecular complexity index is 434. The first kappa shape index (κ1) is 12.9. The lowest BCUT2D eigenvalue weighted by atomic mass is 10.00. The highest BCUT2D eigenvalue weighted by molar-refractivity contribution is 7.80. The molecular formula is C15H21N3S. The van der Waals surface area contributed by atoms with Gasteiger partial charge in [0, 0.05) is 31.4 Å². The van der Waals surface area contributed by atoms with Gasteiger partial charge in [0.2, 0.25) is 0 Å². The van der Waals surface area contributed by atoms with Gasteiger partial charge in [-0.15, -0.1) is 0 Å². The summed E-state index contributed by atoms with van der Waals surface area (Å²) in [5, 5.41) is 4.22. The zero-order chi connectivity index (χ0) is 13.1. The Morgan fingerprint density at radius 1 is 1.11 bits per heavy atom. The molecule has 1 aromatic carbocycles. The molecule has 1 aromatic rings. The van der Waals surface area contributed by atoms with Crippen molar-refractivity contribution >= 4 is 23.0 Å². The summed E-state index contributed by atoms with van der Waals surface area (Å²) < 4.78 is 0. The van der Waals surface area contributed by atoms with E-state index in [1.807, 2.05) is 18.2 Å². The molecule has 4 heteroatoms. The first-order valence-corrected chi connectivity index (χ1v) is 7.59. The van der Waals surface area contributed by atoms with Crippen LogP contribution in [0.15, 0.2) is 30.3 Å². The largest absolute Gasteiger partial charge is 0.346 e. The fourth-order valence-electron chi connectivity index (χ4n) is 3.06. The molecule has 2 heterocycles. The normalized spacial score (nSPS) is 23.8. The second kappa shape index (κ2) is 5.88. The number of nitrogens with one attached hydrogen (secondary N) is 1. The fraction of sp³-hybridized carbons (Fsp3) is 0.533. The Hall–Kier alpha value is -1.13. The van der Waals surface area contributed by atoms with Crippen molar-refractivity contribution in [2.75, 3.05) is 31.5 Å². The monoisotopic (exact) mass is 275 g/mol. The van der Waals surface area contributed by atoms with Gasteiger partial charge >= 0.3 is 0 Å². The molecule has 0 radical (unpaired) electrons. The second-order valence-electron chi connectivity index (χ2n) is 5.43. The molecule has 0 aromatic heterocycles. The Labute approximate surface area is 120 Å². The highest BCUT2D eigenvalue weighted by Gasteiger charge is 2.29. The van der Waals surface area contributed by atoms with Crippen molar-refractivity contribution in [2.45, 2.75) is 25.3 Å². The van der Waals surface area contributed by atoms with Crippen molar-refractivity contribution in [3.63, 3.8) is 0 Å². The third-order valence-corrected chi connectivity index (χ3v) is 4.51. The summed E-state index contributed by atoms with van der Waals surface area (Å²) >= 11 is 5.55. The van der Waals surface area contributed by atoms with Gasteiger partial charge in [0.1, 0.15) is 0 Å². The summed E-state index contributed by atoms with van der Waals surface area (Å²) in [5.41, 5.74) is 1.08. The molecule has 2 aliphatic heterocycles. The zero-order valence-electron chi connectivity index (χ0n) is 11.2. The smallest absolute Gasteiger partial charge is 0.173 e. The predicted octanol–water partition coefficient (Wildman–Crippen LogP) is 2.55. The topological polar surface area (TPSA) is 18.5 Å². The molecule has 2 saturated heterocycles. The summed E-state index contributed by atoms with van der Waals surface area (Å²) in [6.45, 7) is 4.56. The van der Waals surface area contributed by atoms with Crippen LogP contribution < -0.4 is 5.32 Å². The molecule has 0 bridgehead atoms. The Balaban J connectivity index is 1.59. The molecule has 2 aliphatic rings. The van der Waals surface area contributed by atoms with E-state index in [9.17, 15) is 0 Å². The fourth-order valence-corrected chi connectivity index (χ4v) is 3.35. The van der Waals surface area contributed by atoms with Crippen LogP contribution in [0.5, 0.6) is 0 Å². The van der Waals surface area contributed by atoms with E-state index in [1.165, 1.54) is 25.8 Å². The van der Waals surface area contributed by atoms with Crippen LogP contribution in [0.25, 0.3) is 0 Å². The van der Waals surface area contributed by atoms with E-state index in [4.69, 9.17) is 12.2 Å². The van der Waals surface area contributed by atoms with Crippen LogP contribution in [0.2, 0.25) is 0 Å². The lowest BCUT2D eigenvalue weighted by molar-refractivity contribution is 0.0812. The molecule has 3 rings (SSSR count). The van der Waals surface area contributed by atoms with Crippen LogP contribution in [0, 0.1) is 0 Å². The van der Waals surface area contributed by atoms with E-state index in [1.54, 1.807) is 0 Å². The van der Waals surface area contributed by atoms with Crippen molar-refractivity contribution in [3.05, 3.63) is 30.3 Å². The Morgan fingerprint density at radius 2 is 1.95 bits per heavy atom. The van der Waals surface area contributed by atoms with E-state index in [-0.39, 0.29) is 0 Å². The molecule has 19 heavy (non-hydrogen) atoms. The minimum absolute atomic E-state index is 0.707. The van der Waals surface area contributed by atoms with Crippen LogP contribution in [0.3, 0.4) is 0 Å². The summed E-state index contributed by atoms with van der Waals surface area (Å²) in [6, 6.07) is 10.9. The van der Waals surface area contributed by atoms with Crippen LogP contribution in [0.1, 0.15) is 19.3 Å². The third kappa shape index (κ3) is 3.07. The number of piperidine rings is 1. The molecule has 1 unspecified atom stereocenters. The van der Waals surface area contributed by atoms with Gasteiger partial charge in [0.25, 0.3) is 0 Å². The van der Waals surface area contributed by atoms with Gasteiger partial charge in [-0.1, -0.05) is 24.6 Å². The lowest BCUT2D eigenvalue weighted by Crippen LogP contribution is -2.56. The summed E-state index contributed by atoms with van der Waals surface area (Å²) in [5.74, 6) is 0. The molecule has 102 valence electrons. The SMILES string of the molecule is S=C(Nc1ccccc1)N1CCN2CCCCC2C1. The van der Waals surface area contributed by atoms with Crippen molar-refractivity contribution in [2.24, 2.45) is 0 Å². The summed E-state index contributed by atoms with van der Waals surface area (Å²) in [4.78, 5) is 4.96. The van der Waals surface area contributed by atoms with Gasteiger partial charge in [0.15, 0.2) is 5.11 Å². The van der Waals surface area contributed by atoms with Gasteiger partial charge in [-0.05, 0) is 43.7 Å². The average molecular weight is 275 g/mol. The number of piperazine rings is 1. The van der Waals surface area contributed by atoms with Crippen LogP contribution in [-0.4, -0.2) is 47.1 Å². The first-order chi connectivity index (χ1) is 9.33. The van der Waals surface area contributed by atoms with Crippen molar-refractivity contribution in [3.8, 4) is 0 Å². The van der Waals surface area contributed by atoms with E-state index >= 15 is 0 Å². The third-order valence-electron chi connectivity index (χ3n) is 4.15. The number of rotatable bonds is 1. The molecule has 3 nitrogen and oxygen atoms in total. The van der Waals surface area contributed by atoms with Crippen LogP contribution >= 0.6 is 12.2 Å². The number of benzene rings is 1. The summed E-state index contributed by atoms with van der Waals surface area (Å²) in [7, 11) is 0. The maximum atomic E-state index is 5.55. The van der Waals surface area contributed by atoms with Crippen molar-refractivity contribution in [1.29, 1.82) is 0 Å². The van der Waals surface area contributed by atoms with Crippen molar-refractivity contribution < 1.29 is 0 Å². The standard InChI is InChI=1S/C15H21N3S/c19-15(16-13-6-2-1-3-7-13)18-11-10-17-9-5-4-8-14(17)12-18/h1-3,6-7,14H,4-5,8-12H2,(H,16,19). The van der Waals surface area contributed by atoms with E-state index in [2.05, 4.69) is 27.2 Å². The number of nitrogens with zero attached hydrogens (tertiary/aromatic N) is 2. The minimum Gasteiger partial charge on any atom is -0.346 e. The van der Waals surface area contributed by atoms with Crippen molar-refractivity contribution in [1.82, 2.24) is 9.80 Å². The molecule has 0 amide bonds. The number of thiocarbonyl (C=S) groups is 1. The minimum atomic E-state index is 0.707. The molecule has 0 saturated carbocycles. The van der Waals surface area contributed by atoms with Gasteiger partial charge < -0.3 is 10.2 Å². The van der Waals surface area contributed by atoms with Crippen LogP contribution in [0.4, 0.5) is 5.69 Å². The number of hydrogen-bond donors (Lipinski definition) is 1. The maximum absolute atomic E-state index is 5.55. The Morgan fingerprint density at radius 3 is 2.79 bits per heavy atom. The van der Waals surface area contributed by atoms with Gasteiger partial charge in [-0.3, -0.25) is 4.90 Å². The average Bonchev–Trinajstić information content (AvgIpc) is 2.48. The highest BCUT2D eigenvalue weighted by atomic mass is 32.1. The highest BCUT2D eigenvalue weighted by Crippen LogP contribution is 2.21. The molecule has 1 N–H and O–H groups in total. The molecule has 2 fully saturated rings. The van der Waals surface area contributed by atoms with E-state index in [0.29, 0.717) is 6.04 Å². The zero-order valence-corrected chi connectivity index (χ0v) is 12.0. The first-order valence-electron chi connectivity index (χ1n) is 7.18. The summed E-state index contributed by atoms with van der Waals surface area (Å²) in [6.07, 6.45) is 4.06. The van der Waals surface area contributed by atoms with Gasteiger partial charge in [-0.25, -0.2) is 0 Å². The second-order valence-corrected chi connectivity index (χ2v) is 5.81. The van der Waals surface area contributed by atoms with Crippen LogP contribution in [-0.2, 0) is 0 Å². The maximum Gasteiger partial charge on any atom is 0.173 e.